The average molecular weight is 325 g/mol. The highest BCUT2D eigenvalue weighted by atomic mass is 32.1. The van der Waals surface area contributed by atoms with Crippen molar-refractivity contribution in [3.63, 3.8) is 0 Å². The van der Waals surface area contributed by atoms with Gasteiger partial charge in [0.25, 0.3) is 5.91 Å². The van der Waals surface area contributed by atoms with Crippen LogP contribution in [0.3, 0.4) is 0 Å². The summed E-state index contributed by atoms with van der Waals surface area (Å²) in [6.45, 7) is 5.32. The summed E-state index contributed by atoms with van der Waals surface area (Å²) >= 11 is 2.88. The lowest BCUT2D eigenvalue weighted by Gasteiger charge is -2.15. The molecule has 0 spiro atoms. The van der Waals surface area contributed by atoms with Crippen molar-refractivity contribution in [1.29, 1.82) is 0 Å². The molecule has 0 atom stereocenters. The molecule has 0 aromatic carbocycles. The Bertz CT molecular complexity index is 636. The minimum Gasteiger partial charge on any atom is -0.382 e. The molecule has 21 heavy (non-hydrogen) atoms. The van der Waals surface area contributed by atoms with Crippen LogP contribution in [0.2, 0.25) is 0 Å². The van der Waals surface area contributed by atoms with Crippen LogP contribution in [0.15, 0.2) is 5.51 Å². The fourth-order valence-electron chi connectivity index (χ4n) is 1.71. The zero-order chi connectivity index (χ0) is 15.6. The summed E-state index contributed by atoms with van der Waals surface area (Å²) < 4.78 is 0. The first-order valence-electron chi connectivity index (χ1n) is 6.55. The molecule has 6 nitrogen and oxygen atoms in total. The van der Waals surface area contributed by atoms with Gasteiger partial charge in [-0.25, -0.2) is 9.97 Å². The first kappa shape index (κ1) is 15.7. The smallest absolute Gasteiger partial charge is 0.267 e. The fourth-order valence-corrected chi connectivity index (χ4v) is 3.54. The van der Waals surface area contributed by atoms with Crippen LogP contribution < -0.4 is 10.6 Å². The number of amides is 1. The third kappa shape index (κ3) is 3.33. The number of nitrogens with zero attached hydrogens (tertiary/aromatic N) is 4. The van der Waals surface area contributed by atoms with E-state index in [4.69, 9.17) is 5.73 Å². The Labute approximate surface area is 132 Å². The van der Waals surface area contributed by atoms with Crippen LogP contribution in [0.4, 0.5) is 10.9 Å². The van der Waals surface area contributed by atoms with Gasteiger partial charge in [0.2, 0.25) is 0 Å². The molecule has 0 radical (unpaired) electrons. The number of carbonyl (C=O) groups is 1. The molecule has 2 N–H and O–H groups in total. The topological polar surface area (TPSA) is 75.4 Å². The average Bonchev–Trinajstić information content (AvgIpc) is 3.04. The lowest BCUT2D eigenvalue weighted by molar-refractivity contribution is 0.0792. The SMILES string of the molecule is CCN(C)c1nc(N)c(C(=O)N(C)Cc2scnc2C)s1. The van der Waals surface area contributed by atoms with E-state index in [9.17, 15) is 4.79 Å². The maximum absolute atomic E-state index is 12.5. The van der Waals surface area contributed by atoms with Gasteiger partial charge in [0.15, 0.2) is 5.13 Å². The van der Waals surface area contributed by atoms with Gasteiger partial charge >= 0.3 is 0 Å². The van der Waals surface area contributed by atoms with Crippen molar-refractivity contribution in [2.45, 2.75) is 20.4 Å². The van der Waals surface area contributed by atoms with E-state index in [0.29, 0.717) is 17.2 Å². The lowest BCUT2D eigenvalue weighted by atomic mass is 10.3. The molecule has 1 amide bonds. The number of aromatic nitrogens is 2. The summed E-state index contributed by atoms with van der Waals surface area (Å²) in [4.78, 5) is 26.2. The normalized spacial score (nSPS) is 10.7. The molecule has 2 heterocycles. The van der Waals surface area contributed by atoms with Crippen LogP contribution in [-0.4, -0.2) is 41.4 Å². The summed E-state index contributed by atoms with van der Waals surface area (Å²) in [6, 6.07) is 0. The molecule has 2 rings (SSSR count). The molecule has 2 aromatic heterocycles. The predicted octanol–water partition coefficient (Wildman–Crippen LogP) is 2.22. The molecule has 0 bridgehead atoms. The summed E-state index contributed by atoms with van der Waals surface area (Å²) in [7, 11) is 3.70. The van der Waals surface area contributed by atoms with Crippen LogP contribution in [0.25, 0.3) is 0 Å². The number of aryl methyl sites for hydroxylation is 1. The van der Waals surface area contributed by atoms with Crippen molar-refractivity contribution in [1.82, 2.24) is 14.9 Å². The maximum atomic E-state index is 12.5. The zero-order valence-electron chi connectivity index (χ0n) is 12.6. The van der Waals surface area contributed by atoms with E-state index in [1.807, 2.05) is 25.8 Å². The van der Waals surface area contributed by atoms with Gasteiger partial charge in [-0.1, -0.05) is 11.3 Å². The Morgan fingerprint density at radius 1 is 1.43 bits per heavy atom. The van der Waals surface area contributed by atoms with Crippen LogP contribution in [0.1, 0.15) is 27.2 Å². The number of rotatable bonds is 5. The number of anilines is 2. The van der Waals surface area contributed by atoms with Crippen molar-refractivity contribution in [2.75, 3.05) is 31.3 Å². The van der Waals surface area contributed by atoms with Gasteiger partial charge in [0.05, 0.1) is 17.7 Å². The van der Waals surface area contributed by atoms with Crippen molar-refractivity contribution in [2.24, 2.45) is 0 Å². The Balaban J connectivity index is 2.16. The van der Waals surface area contributed by atoms with Gasteiger partial charge in [0.1, 0.15) is 10.7 Å². The number of thiazole rings is 2. The summed E-state index contributed by atoms with van der Waals surface area (Å²) in [5, 5.41) is 0.765. The fraction of sp³-hybridized carbons (Fsp3) is 0.462. The highest BCUT2D eigenvalue weighted by molar-refractivity contribution is 7.18. The highest BCUT2D eigenvalue weighted by Gasteiger charge is 2.21. The minimum atomic E-state index is -0.103. The van der Waals surface area contributed by atoms with E-state index < -0.39 is 0 Å². The first-order chi connectivity index (χ1) is 9.93. The monoisotopic (exact) mass is 325 g/mol. The Morgan fingerprint density at radius 2 is 2.14 bits per heavy atom. The van der Waals surface area contributed by atoms with Gasteiger partial charge in [-0.2, -0.15) is 0 Å². The van der Waals surface area contributed by atoms with Crippen LogP contribution in [0, 0.1) is 6.92 Å². The predicted molar refractivity (Wildman–Crippen MR) is 88.1 cm³/mol. The molecule has 2 aromatic rings. The Morgan fingerprint density at radius 3 is 2.71 bits per heavy atom. The molecule has 0 aliphatic heterocycles. The largest absolute Gasteiger partial charge is 0.382 e. The summed E-state index contributed by atoms with van der Waals surface area (Å²) in [5.74, 6) is 0.196. The zero-order valence-corrected chi connectivity index (χ0v) is 14.2. The molecule has 0 aliphatic carbocycles. The number of hydrogen-bond donors (Lipinski definition) is 1. The second kappa shape index (κ2) is 6.40. The van der Waals surface area contributed by atoms with Crippen LogP contribution in [0.5, 0.6) is 0 Å². The number of nitrogens with two attached hydrogens (primary N) is 1. The molecule has 0 fully saturated rings. The molecular formula is C13H19N5OS2. The standard InChI is InChI=1S/C13H19N5OS2/c1-5-17(3)13-16-11(14)10(21-13)12(19)18(4)6-9-8(2)15-7-20-9/h7H,5-6,14H2,1-4H3. The van der Waals surface area contributed by atoms with Gasteiger partial charge in [-0.3, -0.25) is 4.79 Å². The third-order valence-electron chi connectivity index (χ3n) is 3.21. The first-order valence-corrected chi connectivity index (χ1v) is 8.25. The van der Waals surface area contributed by atoms with E-state index in [-0.39, 0.29) is 5.91 Å². The van der Waals surface area contributed by atoms with E-state index in [2.05, 4.69) is 9.97 Å². The number of hydrogen-bond acceptors (Lipinski definition) is 7. The van der Waals surface area contributed by atoms with E-state index in [1.165, 1.54) is 11.3 Å². The number of nitrogen functional groups attached to an aromatic ring is 1. The maximum Gasteiger partial charge on any atom is 0.267 e. The molecule has 0 saturated carbocycles. The molecule has 114 valence electrons. The van der Waals surface area contributed by atoms with Gasteiger partial charge < -0.3 is 15.5 Å². The highest BCUT2D eigenvalue weighted by Crippen LogP contribution is 2.28. The summed E-state index contributed by atoms with van der Waals surface area (Å²) in [5.41, 5.74) is 8.64. The molecule has 0 saturated heterocycles. The van der Waals surface area contributed by atoms with Crippen molar-refractivity contribution in [3.8, 4) is 0 Å². The van der Waals surface area contributed by atoms with Gasteiger partial charge in [-0.15, -0.1) is 11.3 Å². The third-order valence-corrected chi connectivity index (χ3v) is 5.30. The Kier molecular flexibility index (Phi) is 4.79. The van der Waals surface area contributed by atoms with Gasteiger partial charge in [-0.05, 0) is 13.8 Å². The minimum absolute atomic E-state index is 0.103. The second-order valence-corrected chi connectivity index (χ2v) is 6.66. The van der Waals surface area contributed by atoms with Crippen molar-refractivity contribution in [3.05, 3.63) is 21.0 Å². The van der Waals surface area contributed by atoms with E-state index in [1.54, 1.807) is 28.8 Å². The molecule has 0 unspecified atom stereocenters. The molecule has 8 heteroatoms. The lowest BCUT2D eigenvalue weighted by Crippen LogP contribution is -2.26. The van der Waals surface area contributed by atoms with Crippen molar-refractivity contribution < 1.29 is 4.79 Å². The quantitative estimate of drug-likeness (QED) is 0.912. The summed E-state index contributed by atoms with van der Waals surface area (Å²) in [6.07, 6.45) is 0. The number of carbonyl (C=O) groups excluding carboxylic acids is 1. The molecule has 0 aliphatic rings. The van der Waals surface area contributed by atoms with Crippen LogP contribution >= 0.6 is 22.7 Å². The van der Waals surface area contributed by atoms with Gasteiger partial charge in [0, 0.05) is 25.5 Å². The van der Waals surface area contributed by atoms with E-state index in [0.717, 1.165) is 22.2 Å². The molecular weight excluding hydrogens is 306 g/mol. The van der Waals surface area contributed by atoms with Crippen LogP contribution in [-0.2, 0) is 6.54 Å². The van der Waals surface area contributed by atoms with E-state index >= 15 is 0 Å². The van der Waals surface area contributed by atoms with Crippen molar-refractivity contribution >= 4 is 39.5 Å². The Hall–Kier alpha value is -1.67. The second-order valence-electron chi connectivity index (χ2n) is 4.75.